The molecule has 150 valence electrons. The van der Waals surface area contributed by atoms with Crippen molar-refractivity contribution in [2.24, 2.45) is 5.92 Å². The number of halogens is 1. The fourth-order valence-electron chi connectivity index (χ4n) is 4.16. The van der Waals surface area contributed by atoms with Gasteiger partial charge in [0.15, 0.2) is 0 Å². The molecule has 0 aliphatic carbocycles. The molecule has 0 bridgehead atoms. The second kappa shape index (κ2) is 9.19. The normalized spacial score (nSPS) is 15.5. The minimum absolute atomic E-state index is 0.0788. The van der Waals surface area contributed by atoms with E-state index in [1.807, 2.05) is 36.4 Å². The van der Waals surface area contributed by atoms with E-state index in [4.69, 9.17) is 0 Å². The first-order valence-corrected chi connectivity index (χ1v) is 10.4. The van der Waals surface area contributed by atoms with E-state index >= 15 is 0 Å². The SMILES string of the molecule is O=C(Cc1cccc2ccccc12)NCC1CCN(Cc2ccccc2F)CC1. The maximum absolute atomic E-state index is 13.8. The summed E-state index contributed by atoms with van der Waals surface area (Å²) < 4.78 is 13.8. The van der Waals surface area contributed by atoms with E-state index in [0.717, 1.165) is 49.0 Å². The Kier molecular flexibility index (Phi) is 6.20. The highest BCUT2D eigenvalue weighted by Crippen LogP contribution is 2.21. The maximum atomic E-state index is 13.8. The predicted octanol–water partition coefficient (Wildman–Crippen LogP) is 4.55. The quantitative estimate of drug-likeness (QED) is 0.670. The zero-order valence-corrected chi connectivity index (χ0v) is 16.6. The summed E-state index contributed by atoms with van der Waals surface area (Å²) >= 11 is 0. The largest absolute Gasteiger partial charge is 0.356 e. The molecule has 1 saturated heterocycles. The molecular weight excluding hydrogens is 363 g/mol. The number of benzene rings is 3. The molecule has 0 aromatic heterocycles. The zero-order chi connectivity index (χ0) is 20.1. The van der Waals surface area contributed by atoms with E-state index < -0.39 is 0 Å². The Morgan fingerprint density at radius 3 is 2.45 bits per heavy atom. The topological polar surface area (TPSA) is 32.3 Å². The van der Waals surface area contributed by atoms with E-state index in [2.05, 4.69) is 28.4 Å². The van der Waals surface area contributed by atoms with Gasteiger partial charge in [-0.25, -0.2) is 4.39 Å². The molecule has 0 radical (unpaired) electrons. The van der Waals surface area contributed by atoms with Gasteiger partial charge in [0.1, 0.15) is 5.82 Å². The van der Waals surface area contributed by atoms with Gasteiger partial charge in [0.25, 0.3) is 0 Å². The van der Waals surface area contributed by atoms with E-state index in [-0.39, 0.29) is 11.7 Å². The average molecular weight is 391 g/mol. The molecule has 1 aliphatic rings. The smallest absolute Gasteiger partial charge is 0.224 e. The molecule has 0 atom stereocenters. The van der Waals surface area contributed by atoms with Gasteiger partial charge in [0, 0.05) is 18.7 Å². The van der Waals surface area contributed by atoms with Crippen LogP contribution in [0.15, 0.2) is 66.7 Å². The van der Waals surface area contributed by atoms with Crippen LogP contribution in [0.1, 0.15) is 24.0 Å². The number of likely N-dealkylation sites (tertiary alicyclic amines) is 1. The molecule has 1 N–H and O–H groups in total. The molecule has 3 aromatic carbocycles. The summed E-state index contributed by atoms with van der Waals surface area (Å²) in [6.45, 7) is 3.26. The van der Waals surface area contributed by atoms with Gasteiger partial charge in [-0.15, -0.1) is 0 Å². The summed E-state index contributed by atoms with van der Waals surface area (Å²) in [5.41, 5.74) is 1.83. The Morgan fingerprint density at radius 2 is 1.62 bits per heavy atom. The van der Waals surface area contributed by atoms with Gasteiger partial charge in [0.05, 0.1) is 6.42 Å². The lowest BCUT2D eigenvalue weighted by Gasteiger charge is -2.32. The fourth-order valence-corrected chi connectivity index (χ4v) is 4.16. The number of hydrogen-bond acceptors (Lipinski definition) is 2. The molecular formula is C25H27FN2O. The molecule has 1 fully saturated rings. The van der Waals surface area contributed by atoms with Crippen molar-refractivity contribution in [3.05, 3.63) is 83.7 Å². The third-order valence-corrected chi connectivity index (χ3v) is 5.88. The molecule has 1 aliphatic heterocycles. The Morgan fingerprint density at radius 1 is 0.931 bits per heavy atom. The number of nitrogens with zero attached hydrogens (tertiary/aromatic N) is 1. The van der Waals surface area contributed by atoms with Gasteiger partial charge in [-0.05, 0) is 54.3 Å². The highest BCUT2D eigenvalue weighted by molar-refractivity contribution is 5.90. The third kappa shape index (κ3) is 5.01. The maximum Gasteiger partial charge on any atom is 0.224 e. The standard InChI is InChI=1S/C25H27FN2O/c26-24-11-4-2-7-22(24)18-28-14-12-19(13-15-28)17-27-25(29)16-21-9-5-8-20-6-1-3-10-23(20)21/h1-11,19H,12-18H2,(H,27,29). The van der Waals surface area contributed by atoms with E-state index in [9.17, 15) is 9.18 Å². The van der Waals surface area contributed by atoms with Crippen molar-refractivity contribution >= 4 is 16.7 Å². The van der Waals surface area contributed by atoms with Gasteiger partial charge < -0.3 is 5.32 Å². The van der Waals surface area contributed by atoms with Crippen LogP contribution in [0, 0.1) is 11.7 Å². The van der Waals surface area contributed by atoms with Crippen LogP contribution >= 0.6 is 0 Å². The van der Waals surface area contributed by atoms with E-state index in [1.54, 1.807) is 6.07 Å². The van der Waals surface area contributed by atoms with Crippen LogP contribution in [0.3, 0.4) is 0 Å². The summed E-state index contributed by atoms with van der Waals surface area (Å²) in [5.74, 6) is 0.439. The zero-order valence-electron chi connectivity index (χ0n) is 16.6. The van der Waals surface area contributed by atoms with Crippen molar-refractivity contribution in [1.29, 1.82) is 0 Å². The highest BCUT2D eigenvalue weighted by Gasteiger charge is 2.20. The second-order valence-corrected chi connectivity index (χ2v) is 7.93. The Hall–Kier alpha value is -2.72. The van der Waals surface area contributed by atoms with Gasteiger partial charge in [-0.2, -0.15) is 0 Å². The Bertz CT molecular complexity index is 974. The van der Waals surface area contributed by atoms with Crippen molar-refractivity contribution in [1.82, 2.24) is 10.2 Å². The van der Waals surface area contributed by atoms with Crippen molar-refractivity contribution < 1.29 is 9.18 Å². The van der Waals surface area contributed by atoms with E-state index in [0.29, 0.717) is 18.9 Å². The minimum Gasteiger partial charge on any atom is -0.356 e. The molecule has 29 heavy (non-hydrogen) atoms. The van der Waals surface area contributed by atoms with Crippen molar-refractivity contribution in [2.45, 2.75) is 25.8 Å². The first-order valence-electron chi connectivity index (χ1n) is 10.4. The van der Waals surface area contributed by atoms with Gasteiger partial charge in [-0.3, -0.25) is 9.69 Å². The minimum atomic E-state index is -0.129. The highest BCUT2D eigenvalue weighted by atomic mass is 19.1. The molecule has 0 saturated carbocycles. The van der Waals surface area contributed by atoms with Crippen LogP contribution < -0.4 is 5.32 Å². The summed E-state index contributed by atoms with van der Waals surface area (Å²) in [7, 11) is 0. The lowest BCUT2D eigenvalue weighted by molar-refractivity contribution is -0.120. The number of carbonyl (C=O) groups is 1. The van der Waals surface area contributed by atoms with Crippen LogP contribution in [0.5, 0.6) is 0 Å². The Balaban J connectivity index is 1.24. The summed E-state index contributed by atoms with van der Waals surface area (Å²) in [6.07, 6.45) is 2.47. The number of hydrogen-bond donors (Lipinski definition) is 1. The van der Waals surface area contributed by atoms with Crippen molar-refractivity contribution in [3.63, 3.8) is 0 Å². The second-order valence-electron chi connectivity index (χ2n) is 7.93. The summed E-state index contributed by atoms with van der Waals surface area (Å²) in [6, 6.07) is 21.3. The van der Waals surface area contributed by atoms with Crippen LogP contribution in [0.2, 0.25) is 0 Å². The number of carbonyl (C=O) groups excluding carboxylic acids is 1. The van der Waals surface area contributed by atoms with Gasteiger partial charge >= 0.3 is 0 Å². The van der Waals surface area contributed by atoms with Gasteiger partial charge in [-0.1, -0.05) is 60.7 Å². The molecule has 1 heterocycles. The molecule has 1 amide bonds. The lowest BCUT2D eigenvalue weighted by Crippen LogP contribution is -2.38. The van der Waals surface area contributed by atoms with Crippen LogP contribution in [-0.4, -0.2) is 30.4 Å². The van der Waals surface area contributed by atoms with Gasteiger partial charge in [0.2, 0.25) is 5.91 Å². The number of nitrogens with one attached hydrogen (secondary N) is 1. The molecule has 0 spiro atoms. The molecule has 3 aromatic rings. The predicted molar refractivity (Wildman–Crippen MR) is 115 cm³/mol. The van der Waals surface area contributed by atoms with E-state index in [1.165, 1.54) is 11.5 Å². The summed E-state index contributed by atoms with van der Waals surface area (Å²) in [4.78, 5) is 14.8. The number of amides is 1. The molecule has 3 nitrogen and oxygen atoms in total. The Labute approximate surface area is 171 Å². The fraction of sp³-hybridized carbons (Fsp3) is 0.320. The van der Waals surface area contributed by atoms with Crippen molar-refractivity contribution in [2.75, 3.05) is 19.6 Å². The first-order chi connectivity index (χ1) is 14.2. The average Bonchev–Trinajstić information content (AvgIpc) is 2.75. The lowest BCUT2D eigenvalue weighted by atomic mass is 9.96. The third-order valence-electron chi connectivity index (χ3n) is 5.88. The number of fused-ring (bicyclic) bond motifs is 1. The molecule has 4 heteroatoms. The summed E-state index contributed by atoms with van der Waals surface area (Å²) in [5, 5.41) is 5.43. The monoisotopic (exact) mass is 390 g/mol. The number of piperidine rings is 1. The van der Waals surface area contributed by atoms with Crippen LogP contribution in [0.4, 0.5) is 4.39 Å². The van der Waals surface area contributed by atoms with Crippen molar-refractivity contribution in [3.8, 4) is 0 Å². The van der Waals surface area contributed by atoms with Crippen LogP contribution in [-0.2, 0) is 17.8 Å². The first kappa shape index (κ1) is 19.6. The van der Waals surface area contributed by atoms with Crippen LogP contribution in [0.25, 0.3) is 10.8 Å². The number of rotatable bonds is 6. The molecule has 0 unspecified atom stereocenters. The molecule has 4 rings (SSSR count).